The van der Waals surface area contributed by atoms with Gasteiger partial charge < -0.3 is 10.5 Å². The number of benzene rings is 1. The highest BCUT2D eigenvalue weighted by Gasteiger charge is 2.58. The van der Waals surface area contributed by atoms with Gasteiger partial charge in [0.1, 0.15) is 11.7 Å². The first-order valence-corrected chi connectivity index (χ1v) is 9.80. The molecule has 0 unspecified atom stereocenters. The molecule has 0 radical (unpaired) electrons. The molecule has 0 amide bonds. The fourth-order valence-electron chi connectivity index (χ4n) is 3.59. The first kappa shape index (κ1) is 19.3. The number of hydrogen-bond donors (Lipinski definition) is 1. The molecule has 148 valence electrons. The van der Waals surface area contributed by atoms with Crippen LogP contribution in [0, 0.1) is 19.8 Å². The molecule has 29 heavy (non-hydrogen) atoms. The summed E-state index contributed by atoms with van der Waals surface area (Å²) in [6, 6.07) is 13.8. The molecule has 1 fully saturated rings. The highest BCUT2D eigenvalue weighted by atomic mass is 35.5. The van der Waals surface area contributed by atoms with Crippen molar-refractivity contribution in [3.8, 4) is 5.75 Å². The maximum Gasteiger partial charge on any atom is 0.158 e. The summed E-state index contributed by atoms with van der Waals surface area (Å²) in [5.74, 6) is 2.57. The van der Waals surface area contributed by atoms with Crippen LogP contribution in [0.5, 0.6) is 5.75 Å². The average Bonchev–Trinajstić information content (AvgIpc) is 3.46. The van der Waals surface area contributed by atoms with E-state index in [4.69, 9.17) is 22.1 Å². The number of hydrogen-bond acceptors (Lipinski definition) is 5. The van der Waals surface area contributed by atoms with Gasteiger partial charge in [0, 0.05) is 17.5 Å². The predicted molar refractivity (Wildman–Crippen MR) is 114 cm³/mol. The molecule has 3 aromatic rings. The van der Waals surface area contributed by atoms with Crippen LogP contribution in [0.3, 0.4) is 0 Å². The molecule has 0 spiro atoms. The maximum atomic E-state index is 6.38. The maximum absolute atomic E-state index is 6.38. The number of aliphatic imine (C=N–C) groups is 1. The van der Waals surface area contributed by atoms with Crippen molar-refractivity contribution < 1.29 is 4.74 Å². The van der Waals surface area contributed by atoms with Crippen LogP contribution in [0.1, 0.15) is 23.5 Å². The summed E-state index contributed by atoms with van der Waals surface area (Å²) in [5.41, 5.74) is 8.14. The summed E-state index contributed by atoms with van der Waals surface area (Å²) in [4.78, 5) is 17.4. The van der Waals surface area contributed by atoms with Crippen molar-refractivity contribution in [1.82, 2.24) is 15.0 Å². The van der Waals surface area contributed by atoms with Crippen LogP contribution in [-0.2, 0) is 5.41 Å². The van der Waals surface area contributed by atoms with Gasteiger partial charge in [-0.25, -0.2) is 19.9 Å². The van der Waals surface area contributed by atoms with Crippen molar-refractivity contribution in [3.05, 3.63) is 77.0 Å². The lowest BCUT2D eigenvalue weighted by Crippen LogP contribution is -2.27. The topological polar surface area (TPSA) is 86.3 Å². The molecule has 2 heterocycles. The second kappa shape index (κ2) is 7.79. The zero-order valence-corrected chi connectivity index (χ0v) is 17.1. The molecule has 0 saturated heterocycles. The summed E-state index contributed by atoms with van der Waals surface area (Å²) >= 11 is 5.90. The van der Waals surface area contributed by atoms with Crippen LogP contribution < -0.4 is 10.5 Å². The summed E-state index contributed by atoms with van der Waals surface area (Å²) in [7, 11) is 0. The molecule has 2 N–H and O–H groups in total. The van der Waals surface area contributed by atoms with Gasteiger partial charge in [0.2, 0.25) is 0 Å². The van der Waals surface area contributed by atoms with Crippen molar-refractivity contribution in [2.45, 2.75) is 25.7 Å². The van der Waals surface area contributed by atoms with Crippen molar-refractivity contribution in [3.63, 3.8) is 0 Å². The molecule has 1 aliphatic carbocycles. The Kier molecular flexibility index (Phi) is 5.20. The zero-order valence-electron chi connectivity index (χ0n) is 16.3. The largest absolute Gasteiger partial charge is 0.489 e. The Hall–Kier alpha value is -2.99. The van der Waals surface area contributed by atoms with Crippen LogP contribution in [0.2, 0.25) is 5.02 Å². The molecule has 4 rings (SSSR count). The Balaban J connectivity index is 1.59. The SMILES string of the molecule is Cc1ncc(OC[C@@]2(c3ccccc3)C[C@H]2C(N)=Nc2ccc(Cl)cn2)c(C)n1. The van der Waals surface area contributed by atoms with Crippen LogP contribution in [0.15, 0.2) is 59.9 Å². The molecular weight excluding hydrogens is 386 g/mol. The number of rotatable bonds is 6. The Bertz CT molecular complexity index is 1040. The highest BCUT2D eigenvalue weighted by Crippen LogP contribution is 2.54. The van der Waals surface area contributed by atoms with Crippen molar-refractivity contribution >= 4 is 23.3 Å². The van der Waals surface area contributed by atoms with E-state index in [0.29, 0.717) is 29.0 Å². The van der Waals surface area contributed by atoms with Crippen molar-refractivity contribution in [1.29, 1.82) is 0 Å². The number of halogens is 1. The van der Waals surface area contributed by atoms with Gasteiger partial charge in [-0.2, -0.15) is 0 Å². The standard InChI is InChI=1S/C22H22ClN5O/c1-14-19(12-25-15(2)27-14)29-13-22(16-6-4-3-5-7-16)10-18(22)21(24)28-20-9-8-17(23)11-26-20/h3-9,11-12,18H,10,13H2,1-2H3,(H2,24,26,28)/t18-,22+/m0/s1. The lowest BCUT2D eigenvalue weighted by atomic mass is 9.93. The van der Waals surface area contributed by atoms with E-state index >= 15 is 0 Å². The monoisotopic (exact) mass is 407 g/mol. The number of aryl methyl sites for hydroxylation is 2. The lowest BCUT2D eigenvalue weighted by molar-refractivity contribution is 0.269. The van der Waals surface area contributed by atoms with Gasteiger partial charge in [-0.05, 0) is 38.0 Å². The number of nitrogens with zero attached hydrogens (tertiary/aromatic N) is 4. The minimum Gasteiger partial charge on any atom is -0.489 e. The number of aromatic nitrogens is 3. The molecular formula is C22H22ClN5O. The fourth-order valence-corrected chi connectivity index (χ4v) is 3.70. The van der Waals surface area contributed by atoms with E-state index < -0.39 is 0 Å². The summed E-state index contributed by atoms with van der Waals surface area (Å²) < 4.78 is 6.15. The smallest absolute Gasteiger partial charge is 0.158 e. The minimum absolute atomic E-state index is 0.0639. The normalized spacial score (nSPS) is 21.1. The van der Waals surface area contributed by atoms with Gasteiger partial charge in [-0.3, -0.25) is 0 Å². The minimum atomic E-state index is -0.238. The van der Waals surface area contributed by atoms with E-state index in [1.54, 1.807) is 24.5 Å². The van der Waals surface area contributed by atoms with Crippen LogP contribution in [0.25, 0.3) is 0 Å². The third-order valence-electron chi connectivity index (χ3n) is 5.28. The van der Waals surface area contributed by atoms with Gasteiger partial charge in [-0.15, -0.1) is 0 Å². The van der Waals surface area contributed by atoms with Crippen LogP contribution >= 0.6 is 11.6 Å². The van der Waals surface area contributed by atoms with Gasteiger partial charge >= 0.3 is 0 Å². The number of nitrogens with two attached hydrogens (primary N) is 1. The molecule has 7 heteroatoms. The molecule has 6 nitrogen and oxygen atoms in total. The third kappa shape index (κ3) is 4.07. The number of pyridine rings is 1. The summed E-state index contributed by atoms with van der Waals surface area (Å²) in [6.07, 6.45) is 4.14. The van der Waals surface area contributed by atoms with Gasteiger partial charge in [0.25, 0.3) is 0 Å². The van der Waals surface area contributed by atoms with E-state index in [9.17, 15) is 0 Å². The second-order valence-electron chi connectivity index (χ2n) is 7.31. The highest BCUT2D eigenvalue weighted by molar-refractivity contribution is 6.30. The molecule has 1 aromatic carbocycles. The molecule has 1 aliphatic rings. The van der Waals surface area contributed by atoms with Crippen LogP contribution in [-0.4, -0.2) is 27.4 Å². The third-order valence-corrected chi connectivity index (χ3v) is 5.50. The number of amidine groups is 1. The van der Waals surface area contributed by atoms with Gasteiger partial charge in [0.05, 0.1) is 23.5 Å². The van der Waals surface area contributed by atoms with E-state index in [0.717, 1.165) is 17.9 Å². The van der Waals surface area contributed by atoms with Gasteiger partial charge in [0.15, 0.2) is 11.6 Å². The molecule has 2 aromatic heterocycles. The van der Waals surface area contributed by atoms with E-state index in [1.165, 1.54) is 5.56 Å². The Morgan fingerprint density at radius 2 is 1.97 bits per heavy atom. The van der Waals surface area contributed by atoms with Crippen molar-refractivity contribution in [2.24, 2.45) is 16.6 Å². The second-order valence-corrected chi connectivity index (χ2v) is 7.74. The average molecular weight is 408 g/mol. The zero-order chi connectivity index (χ0) is 20.4. The van der Waals surface area contributed by atoms with E-state index in [2.05, 4.69) is 32.1 Å². The molecule has 0 aliphatic heterocycles. The lowest BCUT2D eigenvalue weighted by Gasteiger charge is -2.19. The Morgan fingerprint density at radius 3 is 2.66 bits per heavy atom. The molecule has 2 atom stereocenters. The van der Waals surface area contributed by atoms with Crippen molar-refractivity contribution in [2.75, 3.05) is 6.61 Å². The van der Waals surface area contributed by atoms with E-state index in [-0.39, 0.29) is 11.3 Å². The van der Waals surface area contributed by atoms with Crippen LogP contribution in [0.4, 0.5) is 5.82 Å². The Labute approximate surface area is 174 Å². The number of ether oxygens (including phenoxy) is 1. The first-order valence-electron chi connectivity index (χ1n) is 9.42. The van der Waals surface area contributed by atoms with E-state index in [1.807, 2.05) is 32.0 Å². The van der Waals surface area contributed by atoms with Gasteiger partial charge in [-0.1, -0.05) is 41.9 Å². The quantitative estimate of drug-likeness (QED) is 0.489. The predicted octanol–water partition coefficient (Wildman–Crippen LogP) is 4.17. The molecule has 1 saturated carbocycles. The first-order chi connectivity index (χ1) is 14.0. The Morgan fingerprint density at radius 1 is 1.17 bits per heavy atom. The summed E-state index contributed by atoms with van der Waals surface area (Å²) in [6.45, 7) is 4.26. The summed E-state index contributed by atoms with van der Waals surface area (Å²) in [5, 5.41) is 0.566. The fraction of sp³-hybridized carbons (Fsp3) is 0.273. The molecule has 0 bridgehead atoms.